The first-order valence-corrected chi connectivity index (χ1v) is 9.16. The average molecular weight is 405 g/mol. The molecule has 0 saturated heterocycles. The Morgan fingerprint density at radius 3 is 2.71 bits per heavy atom. The second-order valence-corrected chi connectivity index (χ2v) is 7.94. The van der Waals surface area contributed by atoms with Crippen molar-refractivity contribution < 1.29 is 9.21 Å². The molecule has 0 fully saturated rings. The molecule has 6 heteroatoms. The predicted octanol–water partition coefficient (Wildman–Crippen LogP) is 4.87. The van der Waals surface area contributed by atoms with E-state index in [-0.39, 0.29) is 11.3 Å². The van der Waals surface area contributed by atoms with Gasteiger partial charge in [0.25, 0.3) is 5.91 Å². The number of hydrogen-bond acceptors (Lipinski definition) is 4. The molecule has 2 heterocycles. The number of carbonyl (C=O) groups is 1. The number of thiophene rings is 1. The maximum atomic E-state index is 12.5. The van der Waals surface area contributed by atoms with E-state index in [0.29, 0.717) is 18.0 Å². The summed E-state index contributed by atoms with van der Waals surface area (Å²) in [6.07, 6.45) is 1.31. The Labute approximate surface area is 153 Å². The summed E-state index contributed by atoms with van der Waals surface area (Å²) in [6.45, 7) is 4.70. The molecule has 0 spiro atoms. The molecule has 0 saturated carbocycles. The minimum absolute atomic E-state index is 0.191. The lowest BCUT2D eigenvalue weighted by atomic mass is 9.84. The van der Waals surface area contributed by atoms with Crippen molar-refractivity contribution in [3.8, 4) is 10.6 Å². The standard InChI is InChI=1S/C18H17BrN2O2S/c1-18(2,12-5-7-13(19)8-6-12)10-20-17(22)15-16(23-11-21-15)14-4-3-9-24-14/h3-9,11H,10H2,1-2H3,(H,20,22). The van der Waals surface area contributed by atoms with Crippen LogP contribution in [0.1, 0.15) is 29.9 Å². The number of aromatic nitrogens is 1. The highest BCUT2D eigenvalue weighted by Gasteiger charge is 2.24. The smallest absolute Gasteiger partial charge is 0.273 e. The van der Waals surface area contributed by atoms with Crippen molar-refractivity contribution in [2.75, 3.05) is 6.54 Å². The number of benzene rings is 1. The third-order valence-corrected chi connectivity index (χ3v) is 5.24. The van der Waals surface area contributed by atoms with Gasteiger partial charge in [-0.25, -0.2) is 4.98 Å². The zero-order valence-electron chi connectivity index (χ0n) is 13.4. The number of carbonyl (C=O) groups excluding carboxylic acids is 1. The van der Waals surface area contributed by atoms with E-state index in [0.717, 1.165) is 14.9 Å². The monoisotopic (exact) mass is 404 g/mol. The lowest BCUT2D eigenvalue weighted by Crippen LogP contribution is -2.37. The van der Waals surface area contributed by atoms with Crippen LogP contribution in [0, 0.1) is 0 Å². The number of rotatable bonds is 5. The predicted molar refractivity (Wildman–Crippen MR) is 99.3 cm³/mol. The summed E-state index contributed by atoms with van der Waals surface area (Å²) in [7, 11) is 0. The molecule has 0 atom stereocenters. The van der Waals surface area contributed by atoms with Crippen molar-refractivity contribution in [3.05, 3.63) is 63.9 Å². The Morgan fingerprint density at radius 1 is 1.29 bits per heavy atom. The van der Waals surface area contributed by atoms with Gasteiger partial charge in [-0.2, -0.15) is 0 Å². The van der Waals surface area contributed by atoms with Gasteiger partial charge in [-0.3, -0.25) is 4.79 Å². The summed E-state index contributed by atoms with van der Waals surface area (Å²) in [5.41, 5.74) is 1.29. The molecule has 0 unspecified atom stereocenters. The molecule has 4 nitrogen and oxygen atoms in total. The van der Waals surface area contributed by atoms with Gasteiger partial charge in [0.1, 0.15) is 0 Å². The maximum absolute atomic E-state index is 12.5. The fourth-order valence-corrected chi connectivity index (χ4v) is 3.36. The molecule has 124 valence electrons. The molecule has 0 aliphatic rings. The van der Waals surface area contributed by atoms with Gasteiger partial charge in [0.05, 0.1) is 4.88 Å². The lowest BCUT2D eigenvalue weighted by Gasteiger charge is -2.25. The van der Waals surface area contributed by atoms with Crippen molar-refractivity contribution in [2.24, 2.45) is 0 Å². The molecule has 0 aliphatic heterocycles. The topological polar surface area (TPSA) is 55.1 Å². The minimum Gasteiger partial charge on any atom is -0.442 e. The minimum atomic E-state index is -0.225. The number of oxazole rings is 1. The van der Waals surface area contributed by atoms with Crippen LogP contribution in [0.15, 0.2) is 57.1 Å². The summed E-state index contributed by atoms with van der Waals surface area (Å²) >= 11 is 4.96. The van der Waals surface area contributed by atoms with Gasteiger partial charge in [-0.1, -0.05) is 48.0 Å². The molecule has 24 heavy (non-hydrogen) atoms. The van der Waals surface area contributed by atoms with Crippen LogP contribution in [-0.4, -0.2) is 17.4 Å². The highest BCUT2D eigenvalue weighted by molar-refractivity contribution is 9.10. The summed E-state index contributed by atoms with van der Waals surface area (Å²) in [5.74, 6) is 0.293. The van der Waals surface area contributed by atoms with Gasteiger partial charge in [0, 0.05) is 16.4 Å². The first kappa shape index (κ1) is 16.9. The Bertz CT molecular complexity index is 823. The lowest BCUT2D eigenvalue weighted by molar-refractivity contribution is 0.0941. The average Bonchev–Trinajstić information content (AvgIpc) is 3.23. The summed E-state index contributed by atoms with van der Waals surface area (Å²) in [6, 6.07) is 12.0. The Hall–Kier alpha value is -1.92. The van der Waals surface area contributed by atoms with Gasteiger partial charge in [-0.15, -0.1) is 11.3 Å². The molecular weight excluding hydrogens is 388 g/mol. The first-order valence-electron chi connectivity index (χ1n) is 7.49. The SMILES string of the molecule is CC(C)(CNC(=O)c1ncoc1-c1cccs1)c1ccc(Br)cc1. The number of nitrogens with zero attached hydrogens (tertiary/aromatic N) is 1. The molecule has 2 aromatic heterocycles. The van der Waals surface area contributed by atoms with Gasteiger partial charge in [0.2, 0.25) is 0 Å². The fraction of sp³-hybridized carbons (Fsp3) is 0.222. The zero-order chi connectivity index (χ0) is 17.2. The molecule has 3 rings (SSSR count). The number of nitrogens with one attached hydrogen (secondary N) is 1. The Morgan fingerprint density at radius 2 is 2.04 bits per heavy atom. The Kier molecular flexibility index (Phi) is 4.87. The van der Waals surface area contributed by atoms with Crippen molar-refractivity contribution >= 4 is 33.2 Å². The molecule has 0 aliphatic carbocycles. The second-order valence-electron chi connectivity index (χ2n) is 6.08. The maximum Gasteiger partial charge on any atom is 0.273 e. The van der Waals surface area contributed by atoms with E-state index < -0.39 is 0 Å². The van der Waals surface area contributed by atoms with Crippen molar-refractivity contribution in [2.45, 2.75) is 19.3 Å². The van der Waals surface area contributed by atoms with E-state index >= 15 is 0 Å². The molecule has 0 radical (unpaired) electrons. The largest absolute Gasteiger partial charge is 0.442 e. The van der Waals surface area contributed by atoms with Crippen molar-refractivity contribution in [3.63, 3.8) is 0 Å². The molecule has 0 bridgehead atoms. The Balaban J connectivity index is 1.72. The van der Waals surface area contributed by atoms with E-state index in [9.17, 15) is 4.79 Å². The van der Waals surface area contributed by atoms with Crippen LogP contribution in [0.3, 0.4) is 0 Å². The van der Waals surface area contributed by atoms with E-state index in [1.54, 1.807) is 0 Å². The first-order chi connectivity index (χ1) is 11.5. The third kappa shape index (κ3) is 3.60. The molecule has 3 aromatic rings. The van der Waals surface area contributed by atoms with E-state index in [1.807, 2.05) is 29.6 Å². The van der Waals surface area contributed by atoms with Gasteiger partial charge in [-0.05, 0) is 29.1 Å². The van der Waals surface area contributed by atoms with E-state index in [1.165, 1.54) is 17.7 Å². The van der Waals surface area contributed by atoms with Crippen LogP contribution >= 0.6 is 27.3 Å². The normalized spacial score (nSPS) is 11.5. The van der Waals surface area contributed by atoms with Gasteiger partial charge in [0.15, 0.2) is 17.8 Å². The second kappa shape index (κ2) is 6.91. The van der Waals surface area contributed by atoms with Crippen LogP contribution in [0.5, 0.6) is 0 Å². The van der Waals surface area contributed by atoms with Crippen LogP contribution in [0.4, 0.5) is 0 Å². The van der Waals surface area contributed by atoms with Crippen LogP contribution in [0.2, 0.25) is 0 Å². The fourth-order valence-electron chi connectivity index (χ4n) is 2.38. The highest BCUT2D eigenvalue weighted by atomic mass is 79.9. The van der Waals surface area contributed by atoms with Gasteiger partial charge >= 0.3 is 0 Å². The third-order valence-electron chi connectivity index (χ3n) is 3.84. The quantitative estimate of drug-likeness (QED) is 0.659. The van der Waals surface area contributed by atoms with Crippen LogP contribution in [-0.2, 0) is 5.41 Å². The van der Waals surface area contributed by atoms with Crippen LogP contribution < -0.4 is 5.32 Å². The molecule has 1 N–H and O–H groups in total. The van der Waals surface area contributed by atoms with E-state index in [2.05, 4.69) is 52.2 Å². The molecular formula is C18H17BrN2O2S. The van der Waals surface area contributed by atoms with Crippen molar-refractivity contribution in [1.29, 1.82) is 0 Å². The number of halogens is 1. The highest BCUT2D eigenvalue weighted by Crippen LogP contribution is 2.28. The van der Waals surface area contributed by atoms with Gasteiger partial charge < -0.3 is 9.73 Å². The van der Waals surface area contributed by atoms with E-state index in [4.69, 9.17) is 4.42 Å². The summed E-state index contributed by atoms with van der Waals surface area (Å²) < 4.78 is 6.43. The zero-order valence-corrected chi connectivity index (χ0v) is 15.8. The van der Waals surface area contributed by atoms with Crippen LogP contribution in [0.25, 0.3) is 10.6 Å². The number of hydrogen-bond donors (Lipinski definition) is 1. The number of amides is 1. The molecule has 1 amide bonds. The molecule has 1 aromatic carbocycles. The summed E-state index contributed by atoms with van der Waals surface area (Å²) in [4.78, 5) is 17.5. The summed E-state index contributed by atoms with van der Waals surface area (Å²) in [5, 5.41) is 4.91. The van der Waals surface area contributed by atoms with Crippen molar-refractivity contribution in [1.82, 2.24) is 10.3 Å².